The maximum absolute atomic E-state index is 12.5. The molecule has 0 spiro atoms. The third-order valence-corrected chi connectivity index (χ3v) is 3.69. The molecule has 0 aliphatic rings. The van der Waals surface area contributed by atoms with Crippen LogP contribution in [0.15, 0.2) is 35.1 Å². The summed E-state index contributed by atoms with van der Waals surface area (Å²) in [5.74, 6) is -2.22. The zero-order valence-electron chi connectivity index (χ0n) is 15.5. The zero-order valence-corrected chi connectivity index (χ0v) is 15.5. The van der Waals surface area contributed by atoms with E-state index in [0.717, 1.165) is 16.3 Å². The Balaban J connectivity index is 2.64. The van der Waals surface area contributed by atoms with Gasteiger partial charge in [-0.3, -0.25) is 14.4 Å². The molecule has 2 aromatic rings. The molecule has 0 saturated carbocycles. The van der Waals surface area contributed by atoms with Gasteiger partial charge in [0, 0.05) is 0 Å². The molecule has 0 amide bonds. The van der Waals surface area contributed by atoms with Gasteiger partial charge in [0.25, 0.3) is 5.56 Å². The summed E-state index contributed by atoms with van der Waals surface area (Å²) in [5, 5.41) is 4.08. The fraction of sp³-hybridized carbons (Fsp3) is 0.316. The van der Waals surface area contributed by atoms with Gasteiger partial charge in [-0.05, 0) is 39.3 Å². The highest BCUT2D eigenvalue weighted by molar-refractivity contribution is 6.03. The van der Waals surface area contributed by atoms with E-state index >= 15 is 0 Å². The average Bonchev–Trinajstić information content (AvgIpc) is 2.60. The summed E-state index contributed by atoms with van der Waals surface area (Å²) in [6.07, 6.45) is -1.44. The van der Waals surface area contributed by atoms with Crippen molar-refractivity contribution in [3.8, 4) is 11.4 Å². The number of rotatable bonds is 7. The molecule has 2 rings (SSSR count). The fourth-order valence-corrected chi connectivity index (χ4v) is 2.42. The van der Waals surface area contributed by atoms with E-state index in [2.05, 4.69) is 5.10 Å². The van der Waals surface area contributed by atoms with Gasteiger partial charge in [-0.15, -0.1) is 0 Å². The first kappa shape index (κ1) is 20.0. The first-order chi connectivity index (χ1) is 12.8. The van der Waals surface area contributed by atoms with Crippen LogP contribution in [0.2, 0.25) is 0 Å². The molecule has 142 valence electrons. The molecule has 1 aromatic carbocycles. The van der Waals surface area contributed by atoms with Gasteiger partial charge in [-0.2, -0.15) is 9.78 Å². The molecule has 1 heterocycles. The number of benzene rings is 1. The van der Waals surface area contributed by atoms with Gasteiger partial charge in [-0.25, -0.2) is 4.79 Å². The summed E-state index contributed by atoms with van der Waals surface area (Å²) < 4.78 is 11.4. The standard InChI is InChI=1S/C19H20N2O6/c1-5-26-19(25)17-15(27-18(12(3)22)13(4)23)10-16(24)21(20-17)14-9-7-6-8-11(14)2/h6-10,18H,5H2,1-4H3. The van der Waals surface area contributed by atoms with Crippen LogP contribution in [0.25, 0.3) is 5.69 Å². The predicted octanol–water partition coefficient (Wildman–Crippen LogP) is 1.64. The molecule has 8 heteroatoms. The molecule has 0 saturated heterocycles. The number of nitrogens with zero attached hydrogens (tertiary/aromatic N) is 2. The van der Waals surface area contributed by atoms with Crippen molar-refractivity contribution < 1.29 is 23.9 Å². The largest absolute Gasteiger partial charge is 0.472 e. The fourth-order valence-electron chi connectivity index (χ4n) is 2.42. The number of ether oxygens (including phenoxy) is 2. The Labute approximate surface area is 155 Å². The monoisotopic (exact) mass is 372 g/mol. The Bertz CT molecular complexity index is 933. The lowest BCUT2D eigenvalue weighted by Crippen LogP contribution is -2.34. The average molecular weight is 372 g/mol. The van der Waals surface area contributed by atoms with Crippen LogP contribution >= 0.6 is 0 Å². The van der Waals surface area contributed by atoms with E-state index in [4.69, 9.17) is 9.47 Å². The second kappa shape index (κ2) is 8.39. The summed E-state index contributed by atoms with van der Waals surface area (Å²) in [5.41, 5.74) is 0.362. The van der Waals surface area contributed by atoms with Crippen LogP contribution in [-0.4, -0.2) is 40.0 Å². The Morgan fingerprint density at radius 2 is 1.78 bits per heavy atom. The van der Waals surface area contributed by atoms with E-state index in [9.17, 15) is 19.2 Å². The van der Waals surface area contributed by atoms with E-state index in [1.807, 2.05) is 0 Å². The molecule has 0 aliphatic heterocycles. The lowest BCUT2D eigenvalue weighted by Gasteiger charge is -2.17. The Hall–Kier alpha value is -3.29. The number of Topliss-reactive ketones (excluding diaryl/α,β-unsaturated/α-hetero) is 2. The molecule has 0 radical (unpaired) electrons. The maximum Gasteiger partial charge on any atom is 0.362 e. The quantitative estimate of drug-likeness (QED) is 0.537. The molecule has 0 bridgehead atoms. The van der Waals surface area contributed by atoms with Crippen LogP contribution < -0.4 is 10.3 Å². The van der Waals surface area contributed by atoms with Crippen molar-refractivity contribution in [2.45, 2.75) is 33.8 Å². The molecule has 0 unspecified atom stereocenters. The van der Waals surface area contributed by atoms with Crippen molar-refractivity contribution in [3.63, 3.8) is 0 Å². The van der Waals surface area contributed by atoms with E-state index in [1.165, 1.54) is 13.8 Å². The molecule has 27 heavy (non-hydrogen) atoms. The Morgan fingerprint density at radius 3 is 2.33 bits per heavy atom. The molecule has 0 N–H and O–H groups in total. The molecule has 0 atom stereocenters. The number of hydrogen-bond acceptors (Lipinski definition) is 7. The second-order valence-electron chi connectivity index (χ2n) is 5.83. The van der Waals surface area contributed by atoms with E-state index in [1.54, 1.807) is 38.1 Å². The number of esters is 1. The van der Waals surface area contributed by atoms with Gasteiger partial charge in [0.1, 0.15) is 0 Å². The smallest absolute Gasteiger partial charge is 0.362 e. The Morgan fingerprint density at radius 1 is 1.15 bits per heavy atom. The first-order valence-electron chi connectivity index (χ1n) is 8.31. The highest BCUT2D eigenvalue weighted by atomic mass is 16.5. The maximum atomic E-state index is 12.5. The van der Waals surface area contributed by atoms with Crippen LogP contribution in [0.3, 0.4) is 0 Å². The molecular weight excluding hydrogens is 352 g/mol. The Kier molecular flexibility index (Phi) is 6.23. The van der Waals surface area contributed by atoms with Gasteiger partial charge >= 0.3 is 5.97 Å². The molecule has 0 aliphatic carbocycles. The van der Waals surface area contributed by atoms with E-state index in [-0.39, 0.29) is 18.1 Å². The van der Waals surface area contributed by atoms with Crippen LogP contribution in [0, 0.1) is 6.92 Å². The van der Waals surface area contributed by atoms with Crippen molar-refractivity contribution in [3.05, 3.63) is 51.9 Å². The molecule has 0 fully saturated rings. The minimum Gasteiger partial charge on any atom is -0.472 e. The van der Waals surface area contributed by atoms with E-state index < -0.39 is 29.2 Å². The topological polar surface area (TPSA) is 105 Å². The SMILES string of the molecule is CCOC(=O)c1nn(-c2ccccc2C)c(=O)cc1OC(C(C)=O)C(C)=O. The minimum atomic E-state index is -1.44. The number of carbonyl (C=O) groups is 3. The summed E-state index contributed by atoms with van der Waals surface area (Å²) >= 11 is 0. The van der Waals surface area contributed by atoms with Crippen molar-refractivity contribution in [1.82, 2.24) is 9.78 Å². The first-order valence-corrected chi connectivity index (χ1v) is 8.31. The zero-order chi connectivity index (χ0) is 20.1. The number of aromatic nitrogens is 2. The minimum absolute atomic E-state index is 0.0757. The van der Waals surface area contributed by atoms with Gasteiger partial charge < -0.3 is 9.47 Å². The third kappa shape index (κ3) is 4.46. The van der Waals surface area contributed by atoms with Crippen LogP contribution in [0.4, 0.5) is 0 Å². The summed E-state index contributed by atoms with van der Waals surface area (Å²) in [7, 11) is 0. The van der Waals surface area contributed by atoms with Crippen LogP contribution in [0.1, 0.15) is 36.8 Å². The number of aryl methyl sites for hydroxylation is 1. The highest BCUT2D eigenvalue weighted by Gasteiger charge is 2.27. The summed E-state index contributed by atoms with van der Waals surface area (Å²) in [4.78, 5) is 48.2. The van der Waals surface area contributed by atoms with Crippen LogP contribution in [0.5, 0.6) is 5.75 Å². The van der Waals surface area contributed by atoms with E-state index in [0.29, 0.717) is 5.69 Å². The van der Waals surface area contributed by atoms with Crippen molar-refractivity contribution in [2.24, 2.45) is 0 Å². The van der Waals surface area contributed by atoms with Gasteiger partial charge in [0.15, 0.2) is 17.3 Å². The van der Waals surface area contributed by atoms with Crippen molar-refractivity contribution in [2.75, 3.05) is 6.61 Å². The second-order valence-corrected chi connectivity index (χ2v) is 5.83. The van der Waals surface area contributed by atoms with Crippen LogP contribution in [-0.2, 0) is 14.3 Å². The van der Waals surface area contributed by atoms with Gasteiger partial charge in [0.2, 0.25) is 11.8 Å². The molecule has 1 aromatic heterocycles. The summed E-state index contributed by atoms with van der Waals surface area (Å²) in [6.45, 7) is 5.84. The number of ketones is 2. The van der Waals surface area contributed by atoms with Crippen molar-refractivity contribution >= 4 is 17.5 Å². The number of hydrogen-bond donors (Lipinski definition) is 0. The number of para-hydroxylation sites is 1. The third-order valence-electron chi connectivity index (χ3n) is 3.69. The predicted molar refractivity (Wildman–Crippen MR) is 96.3 cm³/mol. The van der Waals surface area contributed by atoms with Gasteiger partial charge in [0.05, 0.1) is 18.4 Å². The lowest BCUT2D eigenvalue weighted by molar-refractivity contribution is -0.134. The summed E-state index contributed by atoms with van der Waals surface area (Å²) in [6, 6.07) is 8.02. The molecular formula is C19H20N2O6. The van der Waals surface area contributed by atoms with Crippen molar-refractivity contribution in [1.29, 1.82) is 0 Å². The normalized spacial score (nSPS) is 10.6. The molecule has 8 nitrogen and oxygen atoms in total. The highest BCUT2D eigenvalue weighted by Crippen LogP contribution is 2.19. The van der Waals surface area contributed by atoms with Gasteiger partial charge in [-0.1, -0.05) is 18.2 Å². The lowest BCUT2D eigenvalue weighted by atomic mass is 10.2. The number of carbonyl (C=O) groups excluding carboxylic acids is 3.